The molecule has 0 amide bonds. The van der Waals surface area contributed by atoms with Crippen molar-refractivity contribution in [3.05, 3.63) is 35.9 Å². The standard InChI is InChI=1S/C14H17F2NO2/c1-13(12(18)19,11-5-3-2-4-6-11)17-9-7-14(15,16)8-10-17/h2-6H,7-10H2,1H3,(H,18,19). The molecular formula is C14H17F2NO2. The van der Waals surface area contributed by atoms with Crippen LogP contribution < -0.4 is 0 Å². The first-order valence-electron chi connectivity index (χ1n) is 6.28. The number of likely N-dealkylation sites (tertiary alicyclic amines) is 1. The van der Waals surface area contributed by atoms with Crippen molar-refractivity contribution in [1.82, 2.24) is 4.90 Å². The summed E-state index contributed by atoms with van der Waals surface area (Å²) >= 11 is 0. The van der Waals surface area contributed by atoms with Crippen LogP contribution in [0.1, 0.15) is 25.3 Å². The van der Waals surface area contributed by atoms with Gasteiger partial charge in [-0.1, -0.05) is 30.3 Å². The molecule has 1 aliphatic heterocycles. The van der Waals surface area contributed by atoms with E-state index in [-0.39, 0.29) is 25.9 Å². The Bertz CT molecular complexity index is 454. The number of hydrogen-bond donors (Lipinski definition) is 1. The van der Waals surface area contributed by atoms with Gasteiger partial charge < -0.3 is 5.11 Å². The van der Waals surface area contributed by atoms with Gasteiger partial charge in [-0.3, -0.25) is 4.90 Å². The van der Waals surface area contributed by atoms with Gasteiger partial charge in [0.1, 0.15) is 5.54 Å². The lowest BCUT2D eigenvalue weighted by atomic mass is 9.88. The average Bonchev–Trinajstić information content (AvgIpc) is 2.38. The summed E-state index contributed by atoms with van der Waals surface area (Å²) in [6, 6.07) is 8.77. The Hall–Kier alpha value is -1.49. The zero-order valence-corrected chi connectivity index (χ0v) is 10.8. The summed E-state index contributed by atoms with van der Waals surface area (Å²) in [5, 5.41) is 9.54. The monoisotopic (exact) mass is 269 g/mol. The first-order chi connectivity index (χ1) is 8.86. The van der Waals surface area contributed by atoms with Crippen LogP contribution in [0.15, 0.2) is 30.3 Å². The molecule has 5 heteroatoms. The first kappa shape index (κ1) is 13.9. The molecule has 1 saturated heterocycles. The van der Waals surface area contributed by atoms with Gasteiger partial charge in [0.25, 0.3) is 5.92 Å². The Labute approximate surface area is 110 Å². The lowest BCUT2D eigenvalue weighted by molar-refractivity contribution is -0.156. The van der Waals surface area contributed by atoms with Crippen LogP contribution in [0.5, 0.6) is 0 Å². The fourth-order valence-electron chi connectivity index (χ4n) is 2.49. The second-order valence-corrected chi connectivity index (χ2v) is 5.09. The van der Waals surface area contributed by atoms with E-state index in [4.69, 9.17) is 0 Å². The van der Waals surface area contributed by atoms with Crippen molar-refractivity contribution in [3.8, 4) is 0 Å². The summed E-state index contributed by atoms with van der Waals surface area (Å²) in [6.07, 6.45) is -0.578. The molecule has 0 bridgehead atoms. The number of rotatable bonds is 3. The molecule has 1 N–H and O–H groups in total. The first-order valence-corrected chi connectivity index (χ1v) is 6.28. The van der Waals surface area contributed by atoms with Crippen molar-refractivity contribution in [2.24, 2.45) is 0 Å². The number of nitrogens with zero attached hydrogens (tertiary/aromatic N) is 1. The van der Waals surface area contributed by atoms with Crippen LogP contribution in [0.3, 0.4) is 0 Å². The van der Waals surface area contributed by atoms with Crippen LogP contribution in [-0.2, 0) is 10.3 Å². The zero-order chi connectivity index (χ0) is 14.1. The molecule has 1 aliphatic rings. The SMILES string of the molecule is CC(C(=O)O)(c1ccccc1)N1CCC(F)(F)CC1. The van der Waals surface area contributed by atoms with E-state index in [1.54, 1.807) is 42.2 Å². The van der Waals surface area contributed by atoms with E-state index in [1.165, 1.54) is 0 Å². The number of carboxylic acids is 1. The van der Waals surface area contributed by atoms with E-state index < -0.39 is 17.4 Å². The minimum atomic E-state index is -2.67. The van der Waals surface area contributed by atoms with Gasteiger partial charge in [-0.15, -0.1) is 0 Å². The molecule has 1 aromatic rings. The largest absolute Gasteiger partial charge is 0.480 e. The Morgan fingerprint density at radius 1 is 1.26 bits per heavy atom. The van der Waals surface area contributed by atoms with E-state index in [0.29, 0.717) is 5.56 Å². The molecular weight excluding hydrogens is 252 g/mol. The maximum absolute atomic E-state index is 13.2. The highest BCUT2D eigenvalue weighted by Crippen LogP contribution is 2.36. The Morgan fingerprint density at radius 2 is 1.79 bits per heavy atom. The highest BCUT2D eigenvalue weighted by molar-refractivity contribution is 5.80. The molecule has 0 saturated carbocycles. The molecule has 1 atom stereocenters. The van der Waals surface area contributed by atoms with Gasteiger partial charge in [0.2, 0.25) is 0 Å². The van der Waals surface area contributed by atoms with Gasteiger partial charge >= 0.3 is 5.97 Å². The molecule has 19 heavy (non-hydrogen) atoms. The predicted molar refractivity (Wildman–Crippen MR) is 67.2 cm³/mol. The minimum Gasteiger partial charge on any atom is -0.480 e. The normalized spacial score (nSPS) is 22.7. The average molecular weight is 269 g/mol. The molecule has 2 rings (SSSR count). The minimum absolute atomic E-state index is 0.0880. The molecule has 0 radical (unpaired) electrons. The van der Waals surface area contributed by atoms with Crippen LogP contribution in [0.25, 0.3) is 0 Å². The number of carboxylic acid groups (broad SMARTS) is 1. The summed E-state index contributed by atoms with van der Waals surface area (Å²) < 4.78 is 26.4. The topological polar surface area (TPSA) is 40.5 Å². The van der Waals surface area contributed by atoms with Crippen LogP contribution in [0.4, 0.5) is 8.78 Å². The fourth-order valence-corrected chi connectivity index (χ4v) is 2.49. The van der Waals surface area contributed by atoms with Crippen LogP contribution in [-0.4, -0.2) is 35.0 Å². The summed E-state index contributed by atoms with van der Waals surface area (Å²) in [7, 11) is 0. The quantitative estimate of drug-likeness (QED) is 0.917. The second-order valence-electron chi connectivity index (χ2n) is 5.09. The van der Waals surface area contributed by atoms with Gasteiger partial charge in [-0.2, -0.15) is 0 Å². The number of carbonyl (C=O) groups is 1. The van der Waals surface area contributed by atoms with Crippen molar-refractivity contribution >= 4 is 5.97 Å². The van der Waals surface area contributed by atoms with Gasteiger partial charge in [-0.05, 0) is 12.5 Å². The lowest BCUT2D eigenvalue weighted by Crippen LogP contribution is -2.54. The molecule has 3 nitrogen and oxygen atoms in total. The smallest absolute Gasteiger partial charge is 0.328 e. The Balaban J connectivity index is 2.29. The lowest BCUT2D eigenvalue weighted by Gasteiger charge is -2.42. The fraction of sp³-hybridized carbons (Fsp3) is 0.500. The van der Waals surface area contributed by atoms with Crippen LogP contribution in [0.2, 0.25) is 0 Å². The van der Waals surface area contributed by atoms with Gasteiger partial charge in [0.15, 0.2) is 0 Å². The van der Waals surface area contributed by atoms with Crippen molar-refractivity contribution in [2.75, 3.05) is 13.1 Å². The summed E-state index contributed by atoms with van der Waals surface area (Å²) in [6.45, 7) is 1.75. The summed E-state index contributed by atoms with van der Waals surface area (Å²) in [5.74, 6) is -3.68. The van der Waals surface area contributed by atoms with Crippen molar-refractivity contribution in [1.29, 1.82) is 0 Å². The summed E-state index contributed by atoms with van der Waals surface area (Å²) in [5.41, 5.74) is -0.634. The van der Waals surface area contributed by atoms with Crippen molar-refractivity contribution < 1.29 is 18.7 Å². The zero-order valence-electron chi connectivity index (χ0n) is 10.8. The summed E-state index contributed by atoms with van der Waals surface area (Å²) in [4.78, 5) is 13.3. The number of hydrogen-bond acceptors (Lipinski definition) is 2. The van der Waals surface area contributed by atoms with Gasteiger partial charge in [0.05, 0.1) is 0 Å². The maximum atomic E-state index is 13.2. The number of aliphatic carboxylic acids is 1. The predicted octanol–water partition coefficient (Wildman–Crippen LogP) is 2.72. The molecule has 0 spiro atoms. The number of halogens is 2. The molecule has 1 unspecified atom stereocenters. The third kappa shape index (κ3) is 2.61. The van der Waals surface area contributed by atoms with Crippen LogP contribution in [0, 0.1) is 0 Å². The third-order valence-electron chi connectivity index (χ3n) is 3.88. The van der Waals surface area contributed by atoms with E-state index in [1.807, 2.05) is 0 Å². The maximum Gasteiger partial charge on any atom is 0.328 e. The second kappa shape index (κ2) is 4.89. The van der Waals surface area contributed by atoms with E-state index in [0.717, 1.165) is 0 Å². The third-order valence-corrected chi connectivity index (χ3v) is 3.88. The number of piperidine rings is 1. The Morgan fingerprint density at radius 3 is 2.26 bits per heavy atom. The number of alkyl halides is 2. The highest BCUT2D eigenvalue weighted by atomic mass is 19.3. The molecule has 1 heterocycles. The molecule has 0 aliphatic carbocycles. The highest BCUT2D eigenvalue weighted by Gasteiger charge is 2.46. The molecule has 0 aromatic heterocycles. The number of benzene rings is 1. The molecule has 1 aromatic carbocycles. The molecule has 104 valence electrons. The van der Waals surface area contributed by atoms with E-state index in [2.05, 4.69) is 0 Å². The van der Waals surface area contributed by atoms with Crippen molar-refractivity contribution in [2.45, 2.75) is 31.2 Å². The van der Waals surface area contributed by atoms with E-state index in [9.17, 15) is 18.7 Å². The van der Waals surface area contributed by atoms with Gasteiger partial charge in [-0.25, -0.2) is 13.6 Å². The van der Waals surface area contributed by atoms with Gasteiger partial charge in [0, 0.05) is 25.9 Å². The molecule has 1 fully saturated rings. The van der Waals surface area contributed by atoms with Crippen LogP contribution >= 0.6 is 0 Å². The Kier molecular flexibility index (Phi) is 3.58. The van der Waals surface area contributed by atoms with E-state index >= 15 is 0 Å². The van der Waals surface area contributed by atoms with Crippen molar-refractivity contribution in [3.63, 3.8) is 0 Å².